The third-order valence-corrected chi connectivity index (χ3v) is 5.05. The van der Waals surface area contributed by atoms with E-state index in [-0.39, 0.29) is 5.91 Å². The molecular formula is C20H24ClNO2S. The first-order valence-electron chi connectivity index (χ1n) is 8.42. The van der Waals surface area contributed by atoms with E-state index < -0.39 is 6.10 Å². The largest absolute Gasteiger partial charge is 0.479 e. The first-order chi connectivity index (χ1) is 12.1. The Morgan fingerprint density at radius 2 is 1.92 bits per heavy atom. The molecule has 2 aromatic carbocycles. The van der Waals surface area contributed by atoms with E-state index in [4.69, 9.17) is 16.3 Å². The fourth-order valence-electron chi connectivity index (χ4n) is 2.25. The zero-order chi connectivity index (χ0) is 18.1. The summed E-state index contributed by atoms with van der Waals surface area (Å²) in [6, 6.07) is 15.7. The van der Waals surface area contributed by atoms with Gasteiger partial charge in [-0.1, -0.05) is 60.5 Å². The number of hydrogen-bond acceptors (Lipinski definition) is 3. The molecule has 134 valence electrons. The van der Waals surface area contributed by atoms with Crippen LogP contribution in [0.3, 0.4) is 0 Å². The topological polar surface area (TPSA) is 38.3 Å². The number of carbonyl (C=O) groups is 1. The second-order valence-electron chi connectivity index (χ2n) is 5.77. The van der Waals surface area contributed by atoms with Gasteiger partial charge in [0.15, 0.2) is 6.10 Å². The number of carbonyl (C=O) groups excluding carboxylic acids is 1. The molecule has 0 saturated carbocycles. The van der Waals surface area contributed by atoms with Crippen molar-refractivity contribution in [3.8, 4) is 5.75 Å². The minimum atomic E-state index is -0.526. The smallest absolute Gasteiger partial charge is 0.261 e. The molecule has 0 aromatic heterocycles. The van der Waals surface area contributed by atoms with Crippen molar-refractivity contribution in [2.45, 2.75) is 32.1 Å². The van der Waals surface area contributed by atoms with Crippen molar-refractivity contribution in [2.75, 3.05) is 12.3 Å². The molecule has 25 heavy (non-hydrogen) atoms. The van der Waals surface area contributed by atoms with E-state index in [9.17, 15) is 4.79 Å². The molecule has 2 aromatic rings. The van der Waals surface area contributed by atoms with Gasteiger partial charge in [-0.2, -0.15) is 11.8 Å². The summed E-state index contributed by atoms with van der Waals surface area (Å²) < 4.78 is 5.74. The van der Waals surface area contributed by atoms with Gasteiger partial charge >= 0.3 is 0 Å². The highest BCUT2D eigenvalue weighted by atomic mass is 35.5. The Morgan fingerprint density at radius 1 is 1.20 bits per heavy atom. The Balaban J connectivity index is 1.71. The minimum Gasteiger partial charge on any atom is -0.479 e. The monoisotopic (exact) mass is 377 g/mol. The van der Waals surface area contributed by atoms with Gasteiger partial charge in [0.1, 0.15) is 5.75 Å². The highest BCUT2D eigenvalue weighted by Gasteiger charge is 2.18. The molecule has 0 saturated heterocycles. The predicted octanol–water partition coefficient (Wildman–Crippen LogP) is 4.86. The van der Waals surface area contributed by atoms with E-state index in [0.717, 1.165) is 11.5 Å². The maximum atomic E-state index is 12.3. The third-order valence-electron chi connectivity index (χ3n) is 3.70. The lowest BCUT2D eigenvalue weighted by molar-refractivity contribution is -0.127. The Bertz CT molecular complexity index is 676. The van der Waals surface area contributed by atoms with Crippen molar-refractivity contribution in [3.05, 3.63) is 64.7 Å². The first kappa shape index (κ1) is 19.7. The summed E-state index contributed by atoms with van der Waals surface area (Å²) in [7, 11) is 0. The molecule has 2 rings (SSSR count). The zero-order valence-corrected chi connectivity index (χ0v) is 16.2. The van der Waals surface area contributed by atoms with Crippen molar-refractivity contribution in [3.63, 3.8) is 0 Å². The highest BCUT2D eigenvalue weighted by Crippen LogP contribution is 2.24. The fraction of sp³-hybridized carbons (Fsp3) is 0.350. The van der Waals surface area contributed by atoms with E-state index in [1.807, 2.05) is 19.1 Å². The van der Waals surface area contributed by atoms with Crippen molar-refractivity contribution < 1.29 is 9.53 Å². The number of ether oxygens (including phenoxy) is 1. The molecule has 0 heterocycles. The van der Waals surface area contributed by atoms with Crippen LogP contribution in [-0.2, 0) is 10.5 Å². The molecule has 0 aliphatic heterocycles. The Labute approximate surface area is 159 Å². The van der Waals surface area contributed by atoms with Crippen molar-refractivity contribution in [1.82, 2.24) is 5.32 Å². The van der Waals surface area contributed by atoms with Gasteiger partial charge < -0.3 is 10.1 Å². The molecule has 0 aliphatic rings. The van der Waals surface area contributed by atoms with Crippen LogP contribution in [0, 0.1) is 6.92 Å². The number of rotatable bonds is 9. The molecule has 3 nitrogen and oxygen atoms in total. The number of benzene rings is 2. The summed E-state index contributed by atoms with van der Waals surface area (Å²) in [6.07, 6.45) is 0.0649. The lowest BCUT2D eigenvalue weighted by Gasteiger charge is -2.18. The van der Waals surface area contributed by atoms with Gasteiger partial charge in [-0.3, -0.25) is 4.79 Å². The first-order valence-corrected chi connectivity index (χ1v) is 9.95. The van der Waals surface area contributed by atoms with Gasteiger partial charge in [0.05, 0.1) is 5.02 Å². The SMILES string of the molecule is CCC(Oc1ccccc1Cl)C(=O)NCCSCc1ccc(C)cc1. The van der Waals surface area contributed by atoms with Crippen molar-refractivity contribution in [1.29, 1.82) is 0 Å². The summed E-state index contributed by atoms with van der Waals surface area (Å²) in [4.78, 5) is 12.3. The van der Waals surface area contributed by atoms with Crippen LogP contribution in [0.5, 0.6) is 5.75 Å². The second kappa shape index (κ2) is 10.4. The lowest BCUT2D eigenvalue weighted by atomic mass is 10.2. The fourth-order valence-corrected chi connectivity index (χ4v) is 3.25. The minimum absolute atomic E-state index is 0.0987. The number of halogens is 1. The van der Waals surface area contributed by atoms with Gasteiger partial charge in [0.2, 0.25) is 0 Å². The van der Waals surface area contributed by atoms with Crippen LogP contribution < -0.4 is 10.1 Å². The summed E-state index contributed by atoms with van der Waals surface area (Å²) in [5.74, 6) is 2.25. The molecule has 0 aliphatic carbocycles. The molecule has 1 amide bonds. The Kier molecular flexibility index (Phi) is 8.16. The molecular weight excluding hydrogens is 354 g/mol. The van der Waals surface area contributed by atoms with Crippen molar-refractivity contribution >= 4 is 29.3 Å². The average Bonchev–Trinajstić information content (AvgIpc) is 2.62. The van der Waals surface area contributed by atoms with Crippen LogP contribution in [-0.4, -0.2) is 24.3 Å². The summed E-state index contributed by atoms with van der Waals surface area (Å²) in [5.41, 5.74) is 2.57. The molecule has 1 atom stereocenters. The number of thioether (sulfide) groups is 1. The number of amides is 1. The molecule has 0 bridgehead atoms. The summed E-state index contributed by atoms with van der Waals surface area (Å²) in [6.45, 7) is 4.63. The normalized spacial score (nSPS) is 11.8. The molecule has 1 N–H and O–H groups in total. The number of para-hydroxylation sites is 1. The second-order valence-corrected chi connectivity index (χ2v) is 7.29. The van der Waals surface area contributed by atoms with Crippen LogP contribution >= 0.6 is 23.4 Å². The third kappa shape index (κ3) is 6.63. The van der Waals surface area contributed by atoms with Crippen LogP contribution in [0.25, 0.3) is 0 Å². The number of hydrogen-bond donors (Lipinski definition) is 1. The number of nitrogens with one attached hydrogen (secondary N) is 1. The van der Waals surface area contributed by atoms with Crippen LogP contribution in [0.4, 0.5) is 0 Å². The van der Waals surface area contributed by atoms with E-state index in [2.05, 4.69) is 36.5 Å². The highest BCUT2D eigenvalue weighted by molar-refractivity contribution is 7.98. The predicted molar refractivity (Wildman–Crippen MR) is 107 cm³/mol. The summed E-state index contributed by atoms with van der Waals surface area (Å²) >= 11 is 7.89. The van der Waals surface area contributed by atoms with Crippen LogP contribution in [0.15, 0.2) is 48.5 Å². The lowest BCUT2D eigenvalue weighted by Crippen LogP contribution is -2.39. The van der Waals surface area contributed by atoms with Gasteiger partial charge in [0.25, 0.3) is 5.91 Å². The molecule has 0 fully saturated rings. The van der Waals surface area contributed by atoms with E-state index >= 15 is 0 Å². The molecule has 5 heteroatoms. The van der Waals surface area contributed by atoms with Gasteiger partial charge in [-0.05, 0) is 31.0 Å². The molecule has 0 radical (unpaired) electrons. The van der Waals surface area contributed by atoms with E-state index in [1.54, 1.807) is 23.9 Å². The van der Waals surface area contributed by atoms with E-state index in [1.165, 1.54) is 11.1 Å². The Hall–Kier alpha value is -1.65. The standard InChI is InChI=1S/C20H24ClNO2S/c1-3-18(24-19-7-5-4-6-17(19)21)20(23)22-12-13-25-14-16-10-8-15(2)9-11-16/h4-11,18H,3,12-14H2,1-2H3,(H,22,23). The maximum absolute atomic E-state index is 12.3. The van der Waals surface area contributed by atoms with Gasteiger partial charge in [-0.15, -0.1) is 0 Å². The summed E-state index contributed by atoms with van der Waals surface area (Å²) in [5, 5.41) is 3.46. The average molecular weight is 378 g/mol. The van der Waals surface area contributed by atoms with Crippen LogP contribution in [0.2, 0.25) is 5.02 Å². The van der Waals surface area contributed by atoms with E-state index in [0.29, 0.717) is 23.7 Å². The number of aryl methyl sites for hydroxylation is 1. The molecule has 0 spiro atoms. The zero-order valence-electron chi connectivity index (χ0n) is 14.6. The molecule has 1 unspecified atom stereocenters. The quantitative estimate of drug-likeness (QED) is 0.634. The maximum Gasteiger partial charge on any atom is 0.261 e. The van der Waals surface area contributed by atoms with Crippen molar-refractivity contribution in [2.24, 2.45) is 0 Å². The van der Waals surface area contributed by atoms with Crippen LogP contribution in [0.1, 0.15) is 24.5 Å². The van der Waals surface area contributed by atoms with Gasteiger partial charge in [0, 0.05) is 18.1 Å². The Morgan fingerprint density at radius 3 is 2.60 bits per heavy atom. The van der Waals surface area contributed by atoms with Gasteiger partial charge in [-0.25, -0.2) is 0 Å².